The van der Waals surface area contributed by atoms with Crippen LogP contribution in [0.1, 0.15) is 30.0 Å². The number of aldehydes is 1. The number of rotatable bonds is 5. The molecular weight excluding hydrogens is 268 g/mol. The van der Waals surface area contributed by atoms with E-state index in [1.165, 1.54) is 11.6 Å². The summed E-state index contributed by atoms with van der Waals surface area (Å²) in [6.07, 6.45) is 7.28. The van der Waals surface area contributed by atoms with E-state index in [0.717, 1.165) is 24.7 Å². The van der Waals surface area contributed by atoms with Gasteiger partial charge in [-0.3, -0.25) is 9.80 Å². The SMILES string of the molecule is O=CC=CN1N=Cc2ccccc2C1CCC1OCCO1. The van der Waals surface area contributed by atoms with Crippen molar-refractivity contribution < 1.29 is 14.3 Å². The molecule has 1 aromatic carbocycles. The zero-order valence-electron chi connectivity index (χ0n) is 11.7. The number of benzene rings is 1. The summed E-state index contributed by atoms with van der Waals surface area (Å²) in [6.45, 7) is 1.33. The number of hydrazone groups is 1. The van der Waals surface area contributed by atoms with Crippen molar-refractivity contribution in [2.75, 3.05) is 13.2 Å². The first-order valence-electron chi connectivity index (χ1n) is 7.15. The van der Waals surface area contributed by atoms with Crippen molar-refractivity contribution in [3.8, 4) is 0 Å². The maximum Gasteiger partial charge on any atom is 0.157 e. The zero-order chi connectivity index (χ0) is 14.5. The van der Waals surface area contributed by atoms with Crippen LogP contribution in [0.4, 0.5) is 0 Å². The minimum absolute atomic E-state index is 0.0928. The molecule has 5 heteroatoms. The third kappa shape index (κ3) is 3.20. The van der Waals surface area contributed by atoms with Gasteiger partial charge in [-0.2, -0.15) is 5.10 Å². The Balaban J connectivity index is 1.78. The van der Waals surface area contributed by atoms with Crippen molar-refractivity contribution >= 4 is 12.5 Å². The molecule has 1 aromatic rings. The van der Waals surface area contributed by atoms with Crippen molar-refractivity contribution in [1.82, 2.24) is 5.01 Å². The number of fused-ring (bicyclic) bond motifs is 1. The normalized spacial score (nSPS) is 21.9. The first-order chi connectivity index (χ1) is 10.4. The lowest BCUT2D eigenvalue weighted by Gasteiger charge is -2.31. The van der Waals surface area contributed by atoms with Gasteiger partial charge in [0.05, 0.1) is 25.5 Å². The number of allylic oxidation sites excluding steroid dienone is 1. The quantitative estimate of drug-likeness (QED) is 0.615. The lowest BCUT2D eigenvalue weighted by molar-refractivity contribution is -0.104. The van der Waals surface area contributed by atoms with Gasteiger partial charge in [0.1, 0.15) is 6.29 Å². The molecule has 0 aromatic heterocycles. The molecular formula is C16H18N2O3. The van der Waals surface area contributed by atoms with Crippen molar-refractivity contribution in [2.24, 2.45) is 5.10 Å². The fourth-order valence-corrected chi connectivity index (χ4v) is 2.71. The van der Waals surface area contributed by atoms with Crippen LogP contribution in [0.5, 0.6) is 0 Å². The van der Waals surface area contributed by atoms with Gasteiger partial charge in [-0.15, -0.1) is 0 Å². The molecule has 0 N–H and O–H groups in total. The number of hydrogen-bond acceptors (Lipinski definition) is 5. The van der Waals surface area contributed by atoms with E-state index in [1.807, 2.05) is 23.4 Å². The number of carbonyl (C=O) groups excluding carboxylic acids is 1. The monoisotopic (exact) mass is 286 g/mol. The molecule has 0 amide bonds. The molecule has 0 aliphatic carbocycles. The Labute approximate surface area is 123 Å². The Kier molecular flexibility index (Phi) is 4.43. The fourth-order valence-electron chi connectivity index (χ4n) is 2.71. The first kappa shape index (κ1) is 14.0. The fraction of sp³-hybridized carbons (Fsp3) is 0.375. The topological polar surface area (TPSA) is 51.1 Å². The Morgan fingerprint density at radius 1 is 1.24 bits per heavy atom. The summed E-state index contributed by atoms with van der Waals surface area (Å²) in [4.78, 5) is 10.6. The second-order valence-corrected chi connectivity index (χ2v) is 5.00. The smallest absolute Gasteiger partial charge is 0.157 e. The number of nitrogens with zero attached hydrogens (tertiary/aromatic N) is 2. The predicted molar refractivity (Wildman–Crippen MR) is 78.7 cm³/mol. The van der Waals surface area contributed by atoms with Crippen LogP contribution in [0.3, 0.4) is 0 Å². The van der Waals surface area contributed by atoms with Gasteiger partial charge < -0.3 is 9.47 Å². The van der Waals surface area contributed by atoms with E-state index < -0.39 is 0 Å². The van der Waals surface area contributed by atoms with Crippen LogP contribution in [0, 0.1) is 0 Å². The van der Waals surface area contributed by atoms with Gasteiger partial charge in [0.25, 0.3) is 0 Å². The Morgan fingerprint density at radius 2 is 2.05 bits per heavy atom. The standard InChI is InChI=1S/C16H18N2O3/c19-9-3-8-18-15(6-7-16-20-10-11-21-16)14-5-2-1-4-13(14)12-17-18/h1-5,8-9,12,15-16H,6-7,10-11H2. The van der Waals surface area contributed by atoms with Crippen molar-refractivity contribution in [1.29, 1.82) is 0 Å². The molecule has 1 unspecified atom stereocenters. The molecule has 0 saturated carbocycles. The number of carbonyl (C=O) groups is 1. The summed E-state index contributed by atoms with van der Waals surface area (Å²) in [6, 6.07) is 8.27. The molecule has 1 fully saturated rings. The summed E-state index contributed by atoms with van der Waals surface area (Å²) in [5, 5.41) is 6.24. The van der Waals surface area contributed by atoms with E-state index in [2.05, 4.69) is 17.2 Å². The predicted octanol–water partition coefficient (Wildman–Crippen LogP) is 2.24. The zero-order valence-corrected chi connectivity index (χ0v) is 11.7. The van der Waals surface area contributed by atoms with Crippen molar-refractivity contribution in [2.45, 2.75) is 25.2 Å². The van der Waals surface area contributed by atoms with E-state index in [1.54, 1.807) is 6.20 Å². The summed E-state index contributed by atoms with van der Waals surface area (Å²) < 4.78 is 11.0. The molecule has 2 aliphatic rings. The Morgan fingerprint density at radius 3 is 2.86 bits per heavy atom. The maximum atomic E-state index is 10.6. The van der Waals surface area contributed by atoms with Crippen LogP contribution in [0.15, 0.2) is 41.6 Å². The van der Waals surface area contributed by atoms with Crippen molar-refractivity contribution in [3.05, 3.63) is 47.7 Å². The van der Waals surface area contributed by atoms with Gasteiger partial charge in [-0.1, -0.05) is 24.3 Å². The number of hydrogen-bond donors (Lipinski definition) is 0. The first-order valence-corrected chi connectivity index (χ1v) is 7.15. The minimum Gasteiger partial charge on any atom is -0.350 e. The molecule has 0 radical (unpaired) electrons. The molecule has 21 heavy (non-hydrogen) atoms. The van der Waals surface area contributed by atoms with Gasteiger partial charge in [0, 0.05) is 12.6 Å². The molecule has 1 atom stereocenters. The van der Waals surface area contributed by atoms with Crippen LogP contribution in [0.2, 0.25) is 0 Å². The molecule has 2 heterocycles. The molecule has 110 valence electrons. The molecule has 3 rings (SSSR count). The van der Waals surface area contributed by atoms with E-state index in [4.69, 9.17) is 9.47 Å². The molecule has 0 bridgehead atoms. The summed E-state index contributed by atoms with van der Waals surface area (Å²) in [5.41, 5.74) is 2.33. The molecule has 5 nitrogen and oxygen atoms in total. The van der Waals surface area contributed by atoms with Gasteiger partial charge in [0.15, 0.2) is 6.29 Å². The summed E-state index contributed by atoms with van der Waals surface area (Å²) >= 11 is 0. The van der Waals surface area contributed by atoms with Crippen molar-refractivity contribution in [3.63, 3.8) is 0 Å². The van der Waals surface area contributed by atoms with E-state index in [0.29, 0.717) is 13.2 Å². The van der Waals surface area contributed by atoms with Gasteiger partial charge >= 0.3 is 0 Å². The van der Waals surface area contributed by atoms with Crippen LogP contribution in [-0.4, -0.2) is 37.0 Å². The highest BCUT2D eigenvalue weighted by atomic mass is 16.7. The lowest BCUT2D eigenvalue weighted by atomic mass is 9.95. The molecule has 2 aliphatic heterocycles. The summed E-state index contributed by atoms with van der Waals surface area (Å²) in [7, 11) is 0. The van der Waals surface area contributed by atoms with Crippen LogP contribution >= 0.6 is 0 Å². The number of ether oxygens (including phenoxy) is 2. The summed E-state index contributed by atoms with van der Waals surface area (Å²) in [5.74, 6) is 0. The highest BCUT2D eigenvalue weighted by Crippen LogP contribution is 2.32. The third-order valence-corrected chi connectivity index (χ3v) is 3.69. The Hall–Kier alpha value is -1.98. The van der Waals surface area contributed by atoms with E-state index in [-0.39, 0.29) is 12.3 Å². The van der Waals surface area contributed by atoms with E-state index >= 15 is 0 Å². The van der Waals surface area contributed by atoms with Gasteiger partial charge in [-0.25, -0.2) is 0 Å². The second-order valence-electron chi connectivity index (χ2n) is 5.00. The van der Waals surface area contributed by atoms with Crippen LogP contribution in [0.25, 0.3) is 0 Å². The highest BCUT2D eigenvalue weighted by molar-refractivity contribution is 5.83. The average molecular weight is 286 g/mol. The maximum absolute atomic E-state index is 10.6. The highest BCUT2D eigenvalue weighted by Gasteiger charge is 2.25. The second kappa shape index (κ2) is 6.65. The van der Waals surface area contributed by atoms with E-state index in [9.17, 15) is 4.79 Å². The molecule has 0 spiro atoms. The largest absolute Gasteiger partial charge is 0.350 e. The van der Waals surface area contributed by atoms with Crippen LogP contribution < -0.4 is 0 Å². The molecule has 1 saturated heterocycles. The third-order valence-electron chi connectivity index (χ3n) is 3.69. The lowest BCUT2D eigenvalue weighted by Crippen LogP contribution is -2.25. The average Bonchev–Trinajstić information content (AvgIpc) is 3.04. The van der Waals surface area contributed by atoms with Gasteiger partial charge in [0.2, 0.25) is 0 Å². The van der Waals surface area contributed by atoms with Gasteiger partial charge in [-0.05, 0) is 23.6 Å². The Bertz CT molecular complexity index is 550. The van der Waals surface area contributed by atoms with Crippen LogP contribution in [-0.2, 0) is 14.3 Å². The minimum atomic E-state index is -0.125.